The number of halogens is 1. The molecule has 0 saturated carbocycles. The van der Waals surface area contributed by atoms with Crippen LogP contribution in [-0.2, 0) is 14.3 Å². The Kier molecular flexibility index (Phi) is 5.93. The van der Waals surface area contributed by atoms with Crippen molar-refractivity contribution in [2.75, 3.05) is 12.4 Å². The van der Waals surface area contributed by atoms with Gasteiger partial charge in [0.2, 0.25) is 5.91 Å². The molecule has 2 N–H and O–H groups in total. The van der Waals surface area contributed by atoms with E-state index in [1.807, 2.05) is 0 Å². The first-order chi connectivity index (χ1) is 10.2. The maximum absolute atomic E-state index is 12.4. The van der Waals surface area contributed by atoms with Crippen molar-refractivity contribution in [3.8, 4) is 0 Å². The molecule has 0 radical (unpaired) electrons. The molecule has 1 aromatic carbocycles. The number of rotatable bonds is 5. The van der Waals surface area contributed by atoms with Gasteiger partial charge in [-0.2, -0.15) is 0 Å². The molecule has 22 heavy (non-hydrogen) atoms. The monoisotopic (exact) mass is 326 g/mol. The van der Waals surface area contributed by atoms with Crippen LogP contribution in [0.1, 0.15) is 37.6 Å². The molecule has 0 aliphatic rings. The highest BCUT2D eigenvalue weighted by Gasteiger charge is 2.31. The van der Waals surface area contributed by atoms with Crippen molar-refractivity contribution >= 4 is 35.1 Å². The van der Waals surface area contributed by atoms with E-state index >= 15 is 0 Å². The minimum absolute atomic E-state index is 0.211. The summed E-state index contributed by atoms with van der Waals surface area (Å²) in [5.41, 5.74) is -0.696. The van der Waals surface area contributed by atoms with E-state index in [-0.39, 0.29) is 23.6 Å². The van der Waals surface area contributed by atoms with Gasteiger partial charge in [0.1, 0.15) is 5.54 Å². The molecular formula is C15H19ClN2O4. The number of carbonyl (C=O) groups is 3. The molecule has 7 heteroatoms. The number of hydrogen-bond acceptors (Lipinski definition) is 4. The van der Waals surface area contributed by atoms with Crippen molar-refractivity contribution in [3.05, 3.63) is 28.8 Å². The number of hydrogen-bond donors (Lipinski definition) is 2. The Hall–Kier alpha value is -2.08. The second-order valence-corrected chi connectivity index (χ2v) is 5.60. The van der Waals surface area contributed by atoms with E-state index in [1.165, 1.54) is 39.2 Å². The third-order valence-electron chi connectivity index (χ3n) is 2.94. The minimum Gasteiger partial charge on any atom is -0.467 e. The predicted octanol–water partition coefficient (Wildman–Crippen LogP) is 2.37. The third kappa shape index (κ3) is 4.46. The lowest BCUT2D eigenvalue weighted by Gasteiger charge is -2.23. The van der Waals surface area contributed by atoms with Crippen LogP contribution in [0, 0.1) is 0 Å². The maximum atomic E-state index is 12.4. The molecule has 0 spiro atoms. The van der Waals surface area contributed by atoms with E-state index in [4.69, 9.17) is 11.6 Å². The Morgan fingerprint density at radius 1 is 1.27 bits per heavy atom. The van der Waals surface area contributed by atoms with E-state index < -0.39 is 17.4 Å². The van der Waals surface area contributed by atoms with Gasteiger partial charge in [-0.3, -0.25) is 9.59 Å². The first-order valence-electron chi connectivity index (χ1n) is 6.71. The van der Waals surface area contributed by atoms with Crippen LogP contribution in [0.15, 0.2) is 18.2 Å². The molecule has 0 fully saturated rings. The Bertz CT molecular complexity index is 599. The largest absolute Gasteiger partial charge is 0.467 e. The van der Waals surface area contributed by atoms with Crippen molar-refractivity contribution < 1.29 is 19.1 Å². The van der Waals surface area contributed by atoms with E-state index in [0.717, 1.165) is 0 Å². The van der Waals surface area contributed by atoms with Crippen molar-refractivity contribution in [2.45, 2.75) is 32.7 Å². The number of ether oxygens (including phenoxy) is 1. The van der Waals surface area contributed by atoms with E-state index in [0.29, 0.717) is 5.02 Å². The van der Waals surface area contributed by atoms with Crippen molar-refractivity contribution in [2.24, 2.45) is 0 Å². The average molecular weight is 327 g/mol. The summed E-state index contributed by atoms with van der Waals surface area (Å²) in [4.78, 5) is 35.6. The second kappa shape index (κ2) is 7.26. The molecule has 0 heterocycles. The summed E-state index contributed by atoms with van der Waals surface area (Å²) in [7, 11) is 1.24. The molecular weight excluding hydrogens is 308 g/mol. The van der Waals surface area contributed by atoms with Gasteiger partial charge in [0, 0.05) is 11.4 Å². The highest BCUT2D eigenvalue weighted by Crippen LogP contribution is 2.22. The smallest absolute Gasteiger partial charge is 0.330 e. The summed E-state index contributed by atoms with van der Waals surface area (Å²) in [5.74, 6) is -1.34. The summed E-state index contributed by atoms with van der Waals surface area (Å²) in [6.07, 6.45) is 0.265. The number of anilines is 1. The lowest BCUT2D eigenvalue weighted by molar-refractivity contribution is -0.146. The maximum Gasteiger partial charge on any atom is 0.330 e. The molecule has 0 unspecified atom stereocenters. The van der Waals surface area contributed by atoms with E-state index in [1.54, 1.807) is 6.92 Å². The zero-order chi connectivity index (χ0) is 16.9. The number of benzene rings is 1. The van der Waals surface area contributed by atoms with Crippen LogP contribution in [0.5, 0.6) is 0 Å². The van der Waals surface area contributed by atoms with E-state index in [2.05, 4.69) is 15.4 Å². The summed E-state index contributed by atoms with van der Waals surface area (Å²) in [6.45, 7) is 4.74. The fraction of sp³-hybridized carbons (Fsp3) is 0.400. The summed E-state index contributed by atoms with van der Waals surface area (Å²) in [5, 5.41) is 5.56. The summed E-state index contributed by atoms with van der Waals surface area (Å²) in [6, 6.07) is 4.49. The second-order valence-electron chi connectivity index (χ2n) is 5.16. The highest BCUT2D eigenvalue weighted by atomic mass is 35.5. The van der Waals surface area contributed by atoms with Gasteiger partial charge in [-0.15, -0.1) is 0 Å². The summed E-state index contributed by atoms with van der Waals surface area (Å²) < 4.78 is 4.64. The molecule has 0 aliphatic heterocycles. The molecule has 1 rings (SSSR count). The number of amides is 2. The fourth-order valence-corrected chi connectivity index (χ4v) is 1.89. The SMILES string of the molecule is CCC(=O)Nc1cc(Cl)ccc1C(=O)NC(C)(C)C(=O)OC. The number of methoxy groups -OCH3 is 1. The van der Waals surface area contributed by atoms with Gasteiger partial charge in [0.15, 0.2) is 0 Å². The molecule has 0 aliphatic carbocycles. The van der Waals surface area contributed by atoms with Gasteiger partial charge in [0.25, 0.3) is 5.91 Å². The Morgan fingerprint density at radius 3 is 2.45 bits per heavy atom. The van der Waals surface area contributed by atoms with Crippen LogP contribution < -0.4 is 10.6 Å². The third-order valence-corrected chi connectivity index (χ3v) is 3.18. The molecule has 6 nitrogen and oxygen atoms in total. The van der Waals surface area contributed by atoms with Crippen LogP contribution in [0.25, 0.3) is 0 Å². The zero-order valence-electron chi connectivity index (χ0n) is 13.0. The van der Waals surface area contributed by atoms with Crippen LogP contribution in [0.3, 0.4) is 0 Å². The Balaban J connectivity index is 3.07. The lowest BCUT2D eigenvalue weighted by Crippen LogP contribution is -2.50. The fourth-order valence-electron chi connectivity index (χ4n) is 1.71. The van der Waals surface area contributed by atoms with Gasteiger partial charge in [0.05, 0.1) is 18.4 Å². The first kappa shape index (κ1) is 18.0. The van der Waals surface area contributed by atoms with Gasteiger partial charge >= 0.3 is 5.97 Å². The molecule has 2 amide bonds. The normalized spacial score (nSPS) is 10.8. The van der Waals surface area contributed by atoms with Gasteiger partial charge in [-0.25, -0.2) is 4.79 Å². The number of carbonyl (C=O) groups excluding carboxylic acids is 3. The highest BCUT2D eigenvalue weighted by molar-refractivity contribution is 6.31. The molecule has 0 aromatic heterocycles. The van der Waals surface area contributed by atoms with Crippen LogP contribution >= 0.6 is 11.6 Å². The number of esters is 1. The van der Waals surface area contributed by atoms with Crippen molar-refractivity contribution in [3.63, 3.8) is 0 Å². The van der Waals surface area contributed by atoms with E-state index in [9.17, 15) is 14.4 Å². The predicted molar refractivity (Wildman–Crippen MR) is 83.9 cm³/mol. The Morgan fingerprint density at radius 2 is 1.91 bits per heavy atom. The quantitative estimate of drug-likeness (QED) is 0.814. The number of nitrogens with one attached hydrogen (secondary N) is 2. The average Bonchev–Trinajstić information content (AvgIpc) is 2.45. The zero-order valence-corrected chi connectivity index (χ0v) is 13.7. The Labute approximate surface area is 134 Å². The van der Waals surface area contributed by atoms with Crippen LogP contribution in [0.4, 0.5) is 5.69 Å². The van der Waals surface area contributed by atoms with Gasteiger partial charge in [-0.05, 0) is 32.0 Å². The molecule has 120 valence electrons. The first-order valence-corrected chi connectivity index (χ1v) is 7.09. The standard InChI is InChI=1S/C15H19ClN2O4/c1-5-12(19)17-11-8-9(16)6-7-10(11)13(20)18-15(2,3)14(21)22-4/h6-8H,5H2,1-4H3,(H,17,19)(H,18,20). The molecule has 1 aromatic rings. The van der Waals surface area contributed by atoms with Crippen molar-refractivity contribution in [1.29, 1.82) is 0 Å². The van der Waals surface area contributed by atoms with Crippen LogP contribution in [-0.4, -0.2) is 30.4 Å². The van der Waals surface area contributed by atoms with Crippen molar-refractivity contribution in [1.82, 2.24) is 5.32 Å². The minimum atomic E-state index is -1.20. The topological polar surface area (TPSA) is 84.5 Å². The summed E-state index contributed by atoms with van der Waals surface area (Å²) >= 11 is 5.90. The van der Waals surface area contributed by atoms with Gasteiger partial charge in [-0.1, -0.05) is 18.5 Å². The molecule has 0 atom stereocenters. The molecule has 0 bridgehead atoms. The van der Waals surface area contributed by atoms with Gasteiger partial charge < -0.3 is 15.4 Å². The molecule has 0 saturated heterocycles. The van der Waals surface area contributed by atoms with Crippen LogP contribution in [0.2, 0.25) is 5.02 Å². The lowest BCUT2D eigenvalue weighted by atomic mass is 10.0.